The van der Waals surface area contributed by atoms with Gasteiger partial charge in [-0.3, -0.25) is 14.9 Å². The van der Waals surface area contributed by atoms with Crippen LogP contribution in [0.2, 0.25) is 0 Å². The highest BCUT2D eigenvalue weighted by molar-refractivity contribution is 7.10. The Morgan fingerprint density at radius 3 is 2.50 bits per heavy atom. The molecule has 0 saturated heterocycles. The Bertz CT molecular complexity index is 978. The summed E-state index contributed by atoms with van der Waals surface area (Å²) in [6.07, 6.45) is 0. The van der Waals surface area contributed by atoms with Crippen molar-refractivity contribution in [1.29, 1.82) is 0 Å². The molecule has 0 bridgehead atoms. The van der Waals surface area contributed by atoms with E-state index in [1.165, 1.54) is 23.5 Å². The number of amides is 1. The Kier molecular flexibility index (Phi) is 5.95. The van der Waals surface area contributed by atoms with Gasteiger partial charge in [-0.2, -0.15) is 0 Å². The maximum absolute atomic E-state index is 13.4. The van der Waals surface area contributed by atoms with Gasteiger partial charge in [0.2, 0.25) is 5.75 Å². The lowest BCUT2D eigenvalue weighted by atomic mass is 10.1. The van der Waals surface area contributed by atoms with E-state index in [9.17, 15) is 23.7 Å². The lowest BCUT2D eigenvalue weighted by Gasteiger charge is -2.18. The zero-order valence-electron chi connectivity index (χ0n) is 14.3. The van der Waals surface area contributed by atoms with Crippen LogP contribution in [0.4, 0.5) is 14.5 Å². The number of nitrogens with zero attached hydrogens (tertiary/aromatic N) is 1. The van der Waals surface area contributed by atoms with Crippen molar-refractivity contribution in [1.82, 2.24) is 5.32 Å². The summed E-state index contributed by atoms with van der Waals surface area (Å²) in [6, 6.07) is 11.5. The van der Waals surface area contributed by atoms with E-state index in [-0.39, 0.29) is 5.75 Å². The molecule has 144 valence electrons. The van der Waals surface area contributed by atoms with Crippen molar-refractivity contribution in [3.05, 3.63) is 92.2 Å². The average molecular weight is 404 g/mol. The van der Waals surface area contributed by atoms with Crippen LogP contribution in [0.15, 0.2) is 60.0 Å². The standard InChI is InChI=1S/C19H14F2N2O4S/c20-13-5-3-12(4-6-13)19(17-2-1-9-28-17)22-18(24)11-27-16-10-14(21)7-8-15(16)23(25)26/h1-10,19H,11H2,(H,22,24)/t19-/m1/s1. The van der Waals surface area contributed by atoms with E-state index in [2.05, 4.69) is 5.32 Å². The van der Waals surface area contributed by atoms with Crippen LogP contribution in [-0.4, -0.2) is 17.4 Å². The van der Waals surface area contributed by atoms with Gasteiger partial charge in [0.05, 0.1) is 11.0 Å². The van der Waals surface area contributed by atoms with Crippen molar-refractivity contribution in [3.8, 4) is 5.75 Å². The fraction of sp³-hybridized carbons (Fsp3) is 0.105. The molecule has 1 amide bonds. The van der Waals surface area contributed by atoms with Gasteiger partial charge in [-0.25, -0.2) is 8.78 Å². The topological polar surface area (TPSA) is 81.5 Å². The first-order valence-corrected chi connectivity index (χ1v) is 8.97. The zero-order chi connectivity index (χ0) is 20.1. The van der Waals surface area contributed by atoms with Crippen LogP contribution in [0.5, 0.6) is 5.75 Å². The maximum Gasteiger partial charge on any atom is 0.311 e. The number of rotatable bonds is 7. The van der Waals surface area contributed by atoms with Crippen LogP contribution in [-0.2, 0) is 4.79 Å². The number of benzene rings is 2. The SMILES string of the molecule is O=C(COc1cc(F)ccc1[N+](=O)[O-])N[C@H](c1ccc(F)cc1)c1cccs1. The Balaban J connectivity index is 1.74. The van der Waals surface area contributed by atoms with E-state index in [1.807, 2.05) is 17.5 Å². The van der Waals surface area contributed by atoms with E-state index in [1.54, 1.807) is 12.1 Å². The van der Waals surface area contributed by atoms with Crippen LogP contribution in [0.25, 0.3) is 0 Å². The summed E-state index contributed by atoms with van der Waals surface area (Å²) in [7, 11) is 0. The summed E-state index contributed by atoms with van der Waals surface area (Å²) in [5.41, 5.74) is 0.219. The molecule has 2 aromatic carbocycles. The number of carbonyl (C=O) groups is 1. The van der Waals surface area contributed by atoms with E-state index in [0.717, 1.165) is 23.1 Å². The number of carbonyl (C=O) groups excluding carboxylic acids is 1. The number of ether oxygens (including phenoxy) is 1. The van der Waals surface area contributed by atoms with E-state index in [0.29, 0.717) is 5.56 Å². The van der Waals surface area contributed by atoms with Gasteiger partial charge in [0.25, 0.3) is 5.91 Å². The van der Waals surface area contributed by atoms with E-state index >= 15 is 0 Å². The highest BCUT2D eigenvalue weighted by atomic mass is 32.1. The predicted octanol–water partition coefficient (Wildman–Crippen LogP) is 4.22. The average Bonchev–Trinajstić information content (AvgIpc) is 3.19. The molecule has 0 fully saturated rings. The number of nitrogens with one attached hydrogen (secondary N) is 1. The molecule has 3 rings (SSSR count). The number of hydrogen-bond donors (Lipinski definition) is 1. The molecular formula is C19H14F2N2O4S. The van der Waals surface area contributed by atoms with Gasteiger partial charge >= 0.3 is 5.69 Å². The zero-order valence-corrected chi connectivity index (χ0v) is 15.1. The molecule has 0 aliphatic heterocycles. The van der Waals surface area contributed by atoms with Gasteiger partial charge in [0.15, 0.2) is 6.61 Å². The molecule has 0 unspecified atom stereocenters. The summed E-state index contributed by atoms with van der Waals surface area (Å²) in [4.78, 5) is 23.4. The summed E-state index contributed by atoms with van der Waals surface area (Å²) in [5, 5.41) is 15.6. The normalized spacial score (nSPS) is 11.6. The molecule has 9 heteroatoms. The minimum absolute atomic E-state index is 0.338. The maximum atomic E-state index is 13.4. The first kappa shape index (κ1) is 19.4. The number of halogens is 2. The number of nitro benzene ring substituents is 1. The lowest BCUT2D eigenvalue weighted by Crippen LogP contribution is -2.33. The molecule has 3 aromatic rings. The van der Waals surface area contributed by atoms with Gasteiger partial charge in [0.1, 0.15) is 11.6 Å². The molecule has 0 saturated carbocycles. The van der Waals surface area contributed by atoms with E-state index in [4.69, 9.17) is 4.74 Å². The van der Waals surface area contributed by atoms with Crippen molar-refractivity contribution in [2.24, 2.45) is 0 Å². The van der Waals surface area contributed by atoms with E-state index < -0.39 is 40.8 Å². The molecule has 0 radical (unpaired) electrons. The number of thiophene rings is 1. The first-order chi connectivity index (χ1) is 13.4. The highest BCUT2D eigenvalue weighted by Crippen LogP contribution is 2.28. The van der Waals surface area contributed by atoms with Crippen molar-refractivity contribution in [3.63, 3.8) is 0 Å². The Morgan fingerprint density at radius 1 is 1.14 bits per heavy atom. The molecule has 1 aromatic heterocycles. The quantitative estimate of drug-likeness (QED) is 0.472. The largest absolute Gasteiger partial charge is 0.477 e. The Hall–Kier alpha value is -3.33. The second-order valence-corrected chi connectivity index (χ2v) is 6.70. The fourth-order valence-electron chi connectivity index (χ4n) is 2.53. The van der Waals surface area contributed by atoms with Crippen LogP contribution in [0.1, 0.15) is 16.5 Å². The van der Waals surface area contributed by atoms with Gasteiger partial charge < -0.3 is 10.1 Å². The molecule has 0 spiro atoms. The summed E-state index contributed by atoms with van der Waals surface area (Å²) >= 11 is 1.41. The van der Waals surface area contributed by atoms with Crippen LogP contribution < -0.4 is 10.1 Å². The van der Waals surface area contributed by atoms with Gasteiger partial charge in [-0.1, -0.05) is 18.2 Å². The monoisotopic (exact) mass is 404 g/mol. The van der Waals surface area contributed by atoms with Crippen molar-refractivity contribution >= 4 is 22.9 Å². The van der Waals surface area contributed by atoms with Crippen molar-refractivity contribution in [2.75, 3.05) is 6.61 Å². The van der Waals surface area contributed by atoms with Crippen molar-refractivity contribution < 1.29 is 23.2 Å². The predicted molar refractivity (Wildman–Crippen MR) is 99.3 cm³/mol. The van der Waals surface area contributed by atoms with Gasteiger partial charge in [-0.15, -0.1) is 11.3 Å². The van der Waals surface area contributed by atoms with Gasteiger partial charge in [0, 0.05) is 17.0 Å². The molecule has 1 heterocycles. The third-order valence-corrected chi connectivity index (χ3v) is 4.75. The summed E-state index contributed by atoms with van der Waals surface area (Å²) in [5.74, 6) is -2.03. The Labute approximate surface area is 162 Å². The summed E-state index contributed by atoms with van der Waals surface area (Å²) < 4.78 is 31.7. The Morgan fingerprint density at radius 2 is 1.86 bits per heavy atom. The van der Waals surface area contributed by atoms with Gasteiger partial charge in [-0.05, 0) is 35.2 Å². The third-order valence-electron chi connectivity index (χ3n) is 3.81. The number of hydrogen-bond acceptors (Lipinski definition) is 5. The van der Waals surface area contributed by atoms with Crippen LogP contribution in [0.3, 0.4) is 0 Å². The second kappa shape index (κ2) is 8.57. The molecule has 1 atom stereocenters. The van der Waals surface area contributed by atoms with Crippen LogP contribution in [0, 0.1) is 21.7 Å². The highest BCUT2D eigenvalue weighted by Gasteiger charge is 2.20. The molecule has 0 aliphatic rings. The number of nitro groups is 1. The third kappa shape index (κ3) is 4.68. The minimum Gasteiger partial charge on any atom is -0.477 e. The van der Waals surface area contributed by atoms with Crippen molar-refractivity contribution in [2.45, 2.75) is 6.04 Å². The van der Waals surface area contributed by atoms with Crippen LogP contribution >= 0.6 is 11.3 Å². The smallest absolute Gasteiger partial charge is 0.311 e. The molecule has 28 heavy (non-hydrogen) atoms. The second-order valence-electron chi connectivity index (χ2n) is 5.73. The molecular weight excluding hydrogens is 390 g/mol. The molecule has 0 aliphatic carbocycles. The fourth-order valence-corrected chi connectivity index (χ4v) is 3.33. The summed E-state index contributed by atoms with van der Waals surface area (Å²) in [6.45, 7) is -0.548. The minimum atomic E-state index is -0.723. The lowest BCUT2D eigenvalue weighted by molar-refractivity contribution is -0.385. The molecule has 6 nitrogen and oxygen atoms in total. The first-order valence-electron chi connectivity index (χ1n) is 8.09. The molecule has 1 N–H and O–H groups in total.